The number of hydrogen-bond acceptors (Lipinski definition) is 4. The lowest BCUT2D eigenvalue weighted by atomic mass is 10.4. The van der Waals surface area contributed by atoms with Crippen LogP contribution in [0.1, 0.15) is 12.7 Å². The molecule has 0 saturated carbocycles. The zero-order valence-corrected chi connectivity index (χ0v) is 14.2. The maximum atomic E-state index is 11.7. The average Bonchev–Trinajstić information content (AvgIpc) is 2.73. The lowest BCUT2D eigenvalue weighted by Gasteiger charge is -2.07. The smallest absolute Gasteiger partial charge is 0.160 e. The van der Waals surface area contributed by atoms with Crippen LogP contribution in [-0.2, 0) is 22.8 Å². The van der Waals surface area contributed by atoms with Crippen LogP contribution in [0.3, 0.4) is 0 Å². The van der Waals surface area contributed by atoms with Gasteiger partial charge >= 0.3 is 0 Å². The van der Waals surface area contributed by atoms with Gasteiger partial charge < -0.3 is 4.57 Å². The molecular weight excluding hydrogens is 366 g/mol. The lowest BCUT2D eigenvalue weighted by Crippen LogP contribution is -2.16. The molecule has 5 nitrogen and oxygen atoms in total. The summed E-state index contributed by atoms with van der Waals surface area (Å²) in [6, 6.07) is 1.87. The molecule has 0 radical (unpaired) electrons. The van der Waals surface area contributed by atoms with Crippen LogP contribution in [0.4, 0.5) is 0 Å². The number of hydrogen-bond donors (Lipinski definition) is 0. The Balaban J connectivity index is 2.41. The zero-order chi connectivity index (χ0) is 14.8. The molecule has 0 fully saturated rings. The van der Waals surface area contributed by atoms with E-state index in [1.54, 1.807) is 13.1 Å². The van der Waals surface area contributed by atoms with Gasteiger partial charge in [-0.05, 0) is 22.0 Å². The SMILES string of the molecule is CCS(=O)(=O)CCn1c(CCCl)nc2cc(Br)cnc21. The molecule has 2 aromatic rings. The van der Waals surface area contributed by atoms with Gasteiger partial charge in [0.2, 0.25) is 0 Å². The molecule has 2 aromatic heterocycles. The van der Waals surface area contributed by atoms with E-state index >= 15 is 0 Å². The third-order valence-electron chi connectivity index (χ3n) is 3.01. The van der Waals surface area contributed by atoms with Crippen molar-refractivity contribution >= 4 is 48.5 Å². The second-order valence-corrected chi connectivity index (χ2v) is 8.12. The van der Waals surface area contributed by atoms with Crippen LogP contribution in [0.25, 0.3) is 11.2 Å². The number of halogens is 2. The molecular formula is C12H15BrClN3O2S. The van der Waals surface area contributed by atoms with E-state index < -0.39 is 9.84 Å². The molecule has 110 valence electrons. The second-order valence-electron chi connectivity index (χ2n) is 4.35. The van der Waals surface area contributed by atoms with Gasteiger partial charge in [0.15, 0.2) is 15.5 Å². The molecule has 2 rings (SSSR count). The van der Waals surface area contributed by atoms with Gasteiger partial charge in [-0.3, -0.25) is 0 Å². The fourth-order valence-electron chi connectivity index (χ4n) is 1.92. The summed E-state index contributed by atoms with van der Waals surface area (Å²) in [5.41, 5.74) is 1.44. The highest BCUT2D eigenvalue weighted by molar-refractivity contribution is 9.10. The molecule has 0 spiro atoms. The van der Waals surface area contributed by atoms with E-state index in [0.29, 0.717) is 24.5 Å². The predicted octanol–water partition coefficient (Wildman–Crippen LogP) is 2.41. The highest BCUT2D eigenvalue weighted by Gasteiger charge is 2.15. The van der Waals surface area contributed by atoms with Crippen molar-refractivity contribution in [3.63, 3.8) is 0 Å². The molecule has 0 N–H and O–H groups in total. The van der Waals surface area contributed by atoms with Crippen LogP contribution in [-0.4, -0.2) is 40.3 Å². The molecule has 0 atom stereocenters. The van der Waals surface area contributed by atoms with Gasteiger partial charge in [0.05, 0.1) is 5.75 Å². The number of aryl methyl sites for hydroxylation is 2. The number of pyridine rings is 1. The summed E-state index contributed by atoms with van der Waals surface area (Å²) >= 11 is 9.14. The standard InChI is InChI=1S/C12H15BrClN3O2S/c1-2-20(18,19)6-5-17-11(3-4-14)16-10-7-9(13)8-15-12(10)17/h7-8H,2-6H2,1H3. The van der Waals surface area contributed by atoms with E-state index in [4.69, 9.17) is 11.6 Å². The fraction of sp³-hybridized carbons (Fsp3) is 0.500. The van der Waals surface area contributed by atoms with Crippen molar-refractivity contribution in [2.24, 2.45) is 0 Å². The molecule has 0 aliphatic heterocycles. The van der Waals surface area contributed by atoms with Crippen molar-refractivity contribution in [1.82, 2.24) is 14.5 Å². The Morgan fingerprint density at radius 2 is 2.20 bits per heavy atom. The molecule has 0 aromatic carbocycles. The third-order valence-corrected chi connectivity index (χ3v) is 5.32. The molecule has 0 bridgehead atoms. The van der Waals surface area contributed by atoms with Gasteiger partial charge in [-0.15, -0.1) is 11.6 Å². The highest BCUT2D eigenvalue weighted by Crippen LogP contribution is 2.19. The largest absolute Gasteiger partial charge is 0.312 e. The minimum Gasteiger partial charge on any atom is -0.312 e. The van der Waals surface area contributed by atoms with Gasteiger partial charge in [0.1, 0.15) is 11.3 Å². The fourth-order valence-corrected chi connectivity index (χ4v) is 3.16. The lowest BCUT2D eigenvalue weighted by molar-refractivity contribution is 0.589. The summed E-state index contributed by atoms with van der Waals surface area (Å²) in [4.78, 5) is 8.81. The molecule has 20 heavy (non-hydrogen) atoms. The van der Waals surface area contributed by atoms with E-state index in [1.165, 1.54) is 0 Å². The van der Waals surface area contributed by atoms with E-state index in [0.717, 1.165) is 15.8 Å². The summed E-state index contributed by atoms with van der Waals surface area (Å²) in [7, 11) is -3.02. The van der Waals surface area contributed by atoms with Gasteiger partial charge in [0.25, 0.3) is 0 Å². The van der Waals surface area contributed by atoms with Crippen molar-refractivity contribution < 1.29 is 8.42 Å². The summed E-state index contributed by atoms with van der Waals surface area (Å²) < 4.78 is 26.0. The molecule has 0 aliphatic rings. The summed E-state index contributed by atoms with van der Waals surface area (Å²) in [6.45, 7) is 2.00. The van der Waals surface area contributed by atoms with Gasteiger partial charge in [-0.25, -0.2) is 18.4 Å². The van der Waals surface area contributed by atoms with Crippen molar-refractivity contribution in [1.29, 1.82) is 0 Å². The number of rotatable bonds is 6. The monoisotopic (exact) mass is 379 g/mol. The predicted molar refractivity (Wildman–Crippen MR) is 84.0 cm³/mol. The average molecular weight is 381 g/mol. The number of aromatic nitrogens is 3. The first-order valence-corrected chi connectivity index (χ1v) is 9.38. The number of alkyl halides is 1. The summed E-state index contributed by atoms with van der Waals surface area (Å²) in [5, 5.41) is 0. The maximum Gasteiger partial charge on any atom is 0.160 e. The number of fused-ring (bicyclic) bond motifs is 1. The summed E-state index contributed by atoms with van der Waals surface area (Å²) in [6.07, 6.45) is 2.26. The number of nitrogens with zero attached hydrogens (tertiary/aromatic N) is 3. The molecule has 0 amide bonds. The van der Waals surface area contributed by atoms with Crippen LogP contribution in [0.5, 0.6) is 0 Å². The Bertz CT molecular complexity index is 715. The Morgan fingerprint density at radius 3 is 2.85 bits per heavy atom. The zero-order valence-electron chi connectivity index (χ0n) is 11.0. The van der Waals surface area contributed by atoms with Gasteiger partial charge in [-0.2, -0.15) is 0 Å². The van der Waals surface area contributed by atoms with E-state index in [1.807, 2.05) is 10.6 Å². The van der Waals surface area contributed by atoms with Gasteiger partial charge in [-0.1, -0.05) is 6.92 Å². The number of sulfone groups is 1. The molecule has 0 saturated heterocycles. The second kappa shape index (κ2) is 6.41. The Hall–Kier alpha value is -0.660. The molecule has 8 heteroatoms. The van der Waals surface area contributed by atoms with Gasteiger partial charge in [0, 0.05) is 35.3 Å². The maximum absolute atomic E-state index is 11.7. The van der Waals surface area contributed by atoms with E-state index in [2.05, 4.69) is 25.9 Å². The molecule has 0 aliphatic carbocycles. The topological polar surface area (TPSA) is 64.8 Å². The Kier molecular flexibility index (Phi) is 5.04. The van der Waals surface area contributed by atoms with E-state index in [9.17, 15) is 8.42 Å². The van der Waals surface area contributed by atoms with Crippen LogP contribution in [0.15, 0.2) is 16.7 Å². The minimum absolute atomic E-state index is 0.0853. The number of imidazole rings is 1. The normalized spacial score (nSPS) is 12.2. The van der Waals surface area contributed by atoms with Crippen molar-refractivity contribution in [2.45, 2.75) is 19.9 Å². The van der Waals surface area contributed by atoms with Crippen LogP contribution in [0, 0.1) is 0 Å². The summed E-state index contributed by atoms with van der Waals surface area (Å²) in [5.74, 6) is 1.43. The van der Waals surface area contributed by atoms with Crippen LogP contribution in [0.2, 0.25) is 0 Å². The Labute approximate surface area is 131 Å². The first-order valence-electron chi connectivity index (χ1n) is 6.24. The first-order chi connectivity index (χ1) is 9.46. The highest BCUT2D eigenvalue weighted by atomic mass is 79.9. The molecule has 2 heterocycles. The van der Waals surface area contributed by atoms with E-state index in [-0.39, 0.29) is 11.5 Å². The van der Waals surface area contributed by atoms with Crippen molar-refractivity contribution in [3.8, 4) is 0 Å². The van der Waals surface area contributed by atoms with Crippen molar-refractivity contribution in [2.75, 3.05) is 17.4 Å². The van der Waals surface area contributed by atoms with Crippen LogP contribution < -0.4 is 0 Å². The Morgan fingerprint density at radius 1 is 1.45 bits per heavy atom. The molecule has 0 unspecified atom stereocenters. The minimum atomic E-state index is -3.02. The third kappa shape index (κ3) is 3.51. The quantitative estimate of drug-likeness (QED) is 0.722. The van der Waals surface area contributed by atoms with Crippen LogP contribution >= 0.6 is 27.5 Å². The first kappa shape index (κ1) is 15.7. The van der Waals surface area contributed by atoms with Crippen molar-refractivity contribution in [3.05, 3.63) is 22.6 Å².